The summed E-state index contributed by atoms with van der Waals surface area (Å²) in [4.78, 5) is 35.4. The van der Waals surface area contributed by atoms with Gasteiger partial charge in [-0.3, -0.25) is 14.4 Å². The highest BCUT2D eigenvalue weighted by molar-refractivity contribution is 6.28. The molecule has 0 atom stereocenters. The predicted molar refractivity (Wildman–Crippen MR) is 57.7 cm³/mol. The van der Waals surface area contributed by atoms with Gasteiger partial charge < -0.3 is 4.74 Å². The molecule has 1 aliphatic carbocycles. The van der Waals surface area contributed by atoms with Crippen molar-refractivity contribution in [2.75, 3.05) is 6.61 Å². The number of carbonyl (C=O) groups is 3. The fraction of sp³-hybridized carbons (Fsp3) is 0.154. The molecule has 84 valence electrons. The molecule has 1 aromatic rings. The summed E-state index contributed by atoms with van der Waals surface area (Å²) < 4.78 is 4.81. The lowest BCUT2D eigenvalue weighted by Gasteiger charge is -2.23. The van der Waals surface area contributed by atoms with Gasteiger partial charge in [-0.15, -0.1) is 0 Å². The lowest BCUT2D eigenvalue weighted by Crippen LogP contribution is -2.30. The van der Waals surface area contributed by atoms with Crippen molar-refractivity contribution < 1.29 is 19.1 Å². The molecule has 0 saturated heterocycles. The smallest absolute Gasteiger partial charge is 0.310 e. The number of rotatable bonds is 0. The van der Waals surface area contributed by atoms with Crippen LogP contribution in [0, 0.1) is 0 Å². The molecule has 0 radical (unpaired) electrons. The Labute approximate surface area is 96.9 Å². The molecule has 0 aromatic heterocycles. The number of esters is 1. The van der Waals surface area contributed by atoms with E-state index in [1.54, 1.807) is 24.3 Å². The summed E-state index contributed by atoms with van der Waals surface area (Å²) in [6.45, 7) is -0.0902. The molecular formula is C13H8O4. The van der Waals surface area contributed by atoms with E-state index in [0.29, 0.717) is 22.3 Å². The number of ether oxygens (including phenoxy) is 1. The summed E-state index contributed by atoms with van der Waals surface area (Å²) in [5, 5.41) is 0. The van der Waals surface area contributed by atoms with Crippen molar-refractivity contribution in [2.24, 2.45) is 0 Å². The van der Waals surface area contributed by atoms with E-state index in [1.165, 1.54) is 0 Å². The van der Waals surface area contributed by atoms with Crippen molar-refractivity contribution in [1.82, 2.24) is 0 Å². The second-order valence-corrected chi connectivity index (χ2v) is 4.00. The second kappa shape index (κ2) is 3.38. The van der Waals surface area contributed by atoms with Crippen LogP contribution in [0.1, 0.15) is 27.1 Å². The van der Waals surface area contributed by atoms with Gasteiger partial charge in [0.2, 0.25) is 0 Å². The van der Waals surface area contributed by atoms with Crippen molar-refractivity contribution in [1.29, 1.82) is 0 Å². The Morgan fingerprint density at radius 3 is 2.12 bits per heavy atom. The van der Waals surface area contributed by atoms with Gasteiger partial charge in [-0.25, -0.2) is 0 Å². The Morgan fingerprint density at radius 2 is 1.47 bits per heavy atom. The molecule has 4 nitrogen and oxygen atoms in total. The predicted octanol–water partition coefficient (Wildman–Crippen LogP) is 1.31. The Kier molecular flexibility index (Phi) is 1.98. The SMILES string of the molecule is O=C1CC2=C(CO1)C(=O)c1ccccc1C2=O. The van der Waals surface area contributed by atoms with Gasteiger partial charge in [0.25, 0.3) is 0 Å². The summed E-state index contributed by atoms with van der Waals surface area (Å²) in [6.07, 6.45) is -0.103. The highest BCUT2D eigenvalue weighted by atomic mass is 16.5. The molecule has 0 amide bonds. The fourth-order valence-electron chi connectivity index (χ4n) is 2.17. The molecule has 2 aliphatic rings. The van der Waals surface area contributed by atoms with Gasteiger partial charge >= 0.3 is 5.97 Å². The van der Waals surface area contributed by atoms with Crippen molar-refractivity contribution in [3.05, 3.63) is 46.5 Å². The van der Waals surface area contributed by atoms with E-state index in [1.807, 2.05) is 0 Å². The van der Waals surface area contributed by atoms with Crippen LogP contribution in [-0.4, -0.2) is 24.1 Å². The zero-order chi connectivity index (χ0) is 12.0. The van der Waals surface area contributed by atoms with Crippen LogP contribution in [0.4, 0.5) is 0 Å². The molecular weight excluding hydrogens is 220 g/mol. The van der Waals surface area contributed by atoms with Crippen LogP contribution in [-0.2, 0) is 9.53 Å². The molecule has 17 heavy (non-hydrogen) atoms. The van der Waals surface area contributed by atoms with Gasteiger partial charge in [0, 0.05) is 22.3 Å². The first-order valence-electron chi connectivity index (χ1n) is 5.24. The van der Waals surface area contributed by atoms with Gasteiger partial charge in [0.15, 0.2) is 11.6 Å². The average Bonchev–Trinajstić information content (AvgIpc) is 2.36. The number of carbonyl (C=O) groups excluding carboxylic acids is 3. The first kappa shape index (κ1) is 9.96. The van der Waals surface area contributed by atoms with Crippen LogP contribution in [0.15, 0.2) is 35.4 Å². The van der Waals surface area contributed by atoms with E-state index in [0.717, 1.165) is 0 Å². The molecule has 3 rings (SSSR count). The number of cyclic esters (lactones) is 1. The summed E-state index contributed by atoms with van der Waals surface area (Å²) in [7, 11) is 0. The summed E-state index contributed by atoms with van der Waals surface area (Å²) >= 11 is 0. The van der Waals surface area contributed by atoms with E-state index in [-0.39, 0.29) is 24.6 Å². The lowest BCUT2D eigenvalue weighted by molar-refractivity contribution is -0.142. The van der Waals surface area contributed by atoms with Crippen LogP contribution in [0.2, 0.25) is 0 Å². The third kappa shape index (κ3) is 1.34. The quantitative estimate of drug-likeness (QED) is 0.628. The van der Waals surface area contributed by atoms with Crippen LogP contribution < -0.4 is 0 Å². The van der Waals surface area contributed by atoms with Gasteiger partial charge in [0.1, 0.15) is 6.61 Å². The molecule has 1 aromatic carbocycles. The van der Waals surface area contributed by atoms with E-state index in [4.69, 9.17) is 4.74 Å². The minimum absolute atomic E-state index is 0.0902. The Bertz CT molecular complexity index is 595. The first-order chi connectivity index (χ1) is 8.18. The lowest BCUT2D eigenvalue weighted by atomic mass is 9.82. The second-order valence-electron chi connectivity index (χ2n) is 4.00. The van der Waals surface area contributed by atoms with Crippen LogP contribution >= 0.6 is 0 Å². The van der Waals surface area contributed by atoms with Gasteiger partial charge in [-0.2, -0.15) is 0 Å². The summed E-state index contributed by atoms with van der Waals surface area (Å²) in [5.41, 5.74) is 1.40. The van der Waals surface area contributed by atoms with Crippen LogP contribution in [0.3, 0.4) is 0 Å². The maximum absolute atomic E-state index is 12.1. The van der Waals surface area contributed by atoms with Crippen molar-refractivity contribution in [3.63, 3.8) is 0 Å². The van der Waals surface area contributed by atoms with E-state index < -0.39 is 5.97 Å². The number of fused-ring (bicyclic) bond motifs is 1. The van der Waals surface area contributed by atoms with Crippen LogP contribution in [0.5, 0.6) is 0 Å². The molecule has 1 heterocycles. The molecule has 0 N–H and O–H groups in total. The van der Waals surface area contributed by atoms with Crippen molar-refractivity contribution in [2.45, 2.75) is 6.42 Å². The topological polar surface area (TPSA) is 60.4 Å². The highest BCUT2D eigenvalue weighted by Crippen LogP contribution is 2.30. The van der Waals surface area contributed by atoms with Crippen LogP contribution in [0.25, 0.3) is 0 Å². The number of hydrogen-bond acceptors (Lipinski definition) is 4. The molecule has 0 bridgehead atoms. The Balaban J connectivity index is 2.21. The molecule has 4 heteroatoms. The monoisotopic (exact) mass is 228 g/mol. The minimum Gasteiger partial charge on any atom is -0.460 e. The molecule has 0 fully saturated rings. The Morgan fingerprint density at radius 1 is 0.882 bits per heavy atom. The molecule has 0 spiro atoms. The number of benzene rings is 1. The van der Waals surface area contributed by atoms with E-state index >= 15 is 0 Å². The van der Waals surface area contributed by atoms with Gasteiger partial charge in [-0.1, -0.05) is 24.3 Å². The third-order valence-electron chi connectivity index (χ3n) is 3.03. The molecule has 0 saturated carbocycles. The number of ketones is 2. The number of Topliss-reactive ketones (excluding diaryl/α,β-unsaturated/α-hetero) is 2. The average molecular weight is 228 g/mol. The van der Waals surface area contributed by atoms with Crippen molar-refractivity contribution >= 4 is 17.5 Å². The Hall–Kier alpha value is -2.23. The highest BCUT2D eigenvalue weighted by Gasteiger charge is 2.35. The maximum atomic E-state index is 12.1. The van der Waals surface area contributed by atoms with E-state index in [9.17, 15) is 14.4 Å². The maximum Gasteiger partial charge on any atom is 0.310 e. The third-order valence-corrected chi connectivity index (χ3v) is 3.03. The zero-order valence-corrected chi connectivity index (χ0v) is 8.86. The standard InChI is InChI=1S/C13H8O4/c14-11-5-9-10(6-17-11)13(16)8-4-2-1-3-7(8)12(9)15/h1-4H,5-6H2. The summed E-state index contributed by atoms with van der Waals surface area (Å²) in [5.74, 6) is -0.890. The van der Waals surface area contributed by atoms with Crippen molar-refractivity contribution in [3.8, 4) is 0 Å². The zero-order valence-electron chi connectivity index (χ0n) is 8.86. The number of hydrogen-bond donors (Lipinski definition) is 0. The largest absolute Gasteiger partial charge is 0.460 e. The van der Waals surface area contributed by atoms with E-state index in [2.05, 4.69) is 0 Å². The normalized spacial score (nSPS) is 18.7. The molecule has 0 unspecified atom stereocenters. The van der Waals surface area contributed by atoms with Gasteiger partial charge in [0.05, 0.1) is 6.42 Å². The first-order valence-corrected chi connectivity index (χ1v) is 5.24. The summed E-state index contributed by atoms with van der Waals surface area (Å²) in [6, 6.07) is 6.65. The van der Waals surface area contributed by atoms with Gasteiger partial charge in [-0.05, 0) is 0 Å². The fourth-order valence-corrected chi connectivity index (χ4v) is 2.17. The molecule has 1 aliphatic heterocycles. The minimum atomic E-state index is -0.454.